The predicted molar refractivity (Wildman–Crippen MR) is 119 cm³/mol. The van der Waals surface area contributed by atoms with Gasteiger partial charge in [0.2, 0.25) is 0 Å². The summed E-state index contributed by atoms with van der Waals surface area (Å²) in [7, 11) is 1.67. The topological polar surface area (TPSA) is 30.5 Å². The molecule has 0 atom stereocenters. The third-order valence-corrected chi connectivity index (χ3v) is 5.80. The first-order chi connectivity index (χ1) is 13.2. The second-order valence-corrected chi connectivity index (χ2v) is 7.91. The van der Waals surface area contributed by atoms with Crippen LogP contribution in [-0.4, -0.2) is 13.2 Å². The van der Waals surface area contributed by atoms with E-state index in [1.807, 2.05) is 24.3 Å². The highest BCUT2D eigenvalue weighted by molar-refractivity contribution is 6.42. The molecular formula is C22H28Cl3NO2. The van der Waals surface area contributed by atoms with Gasteiger partial charge in [0.1, 0.15) is 6.61 Å². The van der Waals surface area contributed by atoms with E-state index >= 15 is 0 Å². The highest BCUT2D eigenvalue weighted by Gasteiger charge is 2.12. The molecule has 2 aromatic carbocycles. The molecule has 1 fully saturated rings. The monoisotopic (exact) mass is 443 g/mol. The molecule has 3 rings (SSSR count). The van der Waals surface area contributed by atoms with Crippen molar-refractivity contribution in [2.75, 3.05) is 7.11 Å². The number of nitrogens with one attached hydrogen (secondary N) is 1. The molecule has 1 N–H and O–H groups in total. The zero-order chi connectivity index (χ0) is 19.1. The molecule has 1 aliphatic carbocycles. The molecule has 154 valence electrons. The van der Waals surface area contributed by atoms with E-state index in [0.717, 1.165) is 23.6 Å². The first-order valence-corrected chi connectivity index (χ1v) is 10.4. The molecule has 0 bridgehead atoms. The molecule has 2 aromatic rings. The molecule has 1 saturated carbocycles. The molecular weight excluding hydrogens is 417 g/mol. The van der Waals surface area contributed by atoms with E-state index in [-0.39, 0.29) is 12.4 Å². The Morgan fingerprint density at radius 3 is 2.29 bits per heavy atom. The van der Waals surface area contributed by atoms with Crippen LogP contribution in [0.3, 0.4) is 0 Å². The van der Waals surface area contributed by atoms with Crippen LogP contribution in [0.5, 0.6) is 11.5 Å². The summed E-state index contributed by atoms with van der Waals surface area (Å²) in [6, 6.07) is 12.3. The molecule has 6 heteroatoms. The van der Waals surface area contributed by atoms with Crippen molar-refractivity contribution in [3.05, 3.63) is 57.6 Å². The highest BCUT2D eigenvalue weighted by atomic mass is 35.5. The fourth-order valence-electron chi connectivity index (χ4n) is 3.48. The van der Waals surface area contributed by atoms with Crippen LogP contribution in [0, 0.1) is 0 Å². The number of ether oxygens (including phenoxy) is 2. The molecule has 28 heavy (non-hydrogen) atoms. The van der Waals surface area contributed by atoms with E-state index in [4.69, 9.17) is 32.7 Å². The lowest BCUT2D eigenvalue weighted by atomic mass is 10.1. The number of halogens is 3. The van der Waals surface area contributed by atoms with E-state index < -0.39 is 0 Å². The van der Waals surface area contributed by atoms with Gasteiger partial charge in [-0.1, -0.05) is 61.0 Å². The van der Waals surface area contributed by atoms with Crippen LogP contribution in [-0.2, 0) is 13.2 Å². The molecule has 3 nitrogen and oxygen atoms in total. The number of benzene rings is 2. The minimum Gasteiger partial charge on any atom is -0.493 e. The molecule has 0 unspecified atom stereocenters. The molecule has 0 spiro atoms. The van der Waals surface area contributed by atoms with E-state index in [1.165, 1.54) is 44.1 Å². The van der Waals surface area contributed by atoms with Gasteiger partial charge in [-0.15, -0.1) is 12.4 Å². The Hall–Kier alpha value is -1.13. The van der Waals surface area contributed by atoms with Crippen molar-refractivity contribution in [3.63, 3.8) is 0 Å². The van der Waals surface area contributed by atoms with Crippen LogP contribution in [0.2, 0.25) is 10.0 Å². The molecule has 0 saturated heterocycles. The number of rotatable bonds is 7. The van der Waals surface area contributed by atoms with Crippen LogP contribution in [0.1, 0.15) is 49.7 Å². The third kappa shape index (κ3) is 6.73. The molecule has 0 heterocycles. The number of methoxy groups -OCH3 is 1. The largest absolute Gasteiger partial charge is 0.493 e. The average Bonchev–Trinajstić information content (AvgIpc) is 2.96. The summed E-state index contributed by atoms with van der Waals surface area (Å²) in [6.07, 6.45) is 7.97. The van der Waals surface area contributed by atoms with E-state index in [2.05, 4.69) is 11.4 Å². The Morgan fingerprint density at radius 1 is 0.893 bits per heavy atom. The van der Waals surface area contributed by atoms with Crippen LogP contribution in [0.4, 0.5) is 0 Å². The Labute approximate surface area is 184 Å². The number of hydrogen-bond donors (Lipinski definition) is 1. The van der Waals surface area contributed by atoms with E-state index in [0.29, 0.717) is 22.7 Å². The van der Waals surface area contributed by atoms with Gasteiger partial charge in [-0.25, -0.2) is 0 Å². The van der Waals surface area contributed by atoms with Gasteiger partial charge >= 0.3 is 0 Å². The summed E-state index contributed by atoms with van der Waals surface area (Å²) in [5.41, 5.74) is 2.17. The smallest absolute Gasteiger partial charge is 0.161 e. The molecule has 0 amide bonds. The van der Waals surface area contributed by atoms with Gasteiger partial charge in [0.15, 0.2) is 11.5 Å². The van der Waals surface area contributed by atoms with Crippen LogP contribution in [0.15, 0.2) is 36.4 Å². The summed E-state index contributed by atoms with van der Waals surface area (Å²) in [6.45, 7) is 1.26. The molecule has 1 aliphatic rings. The maximum absolute atomic E-state index is 6.06. The van der Waals surface area contributed by atoms with Crippen molar-refractivity contribution in [2.45, 2.75) is 57.7 Å². The minimum atomic E-state index is 0. The zero-order valence-corrected chi connectivity index (χ0v) is 18.5. The van der Waals surface area contributed by atoms with Crippen molar-refractivity contribution in [2.24, 2.45) is 0 Å². The maximum atomic E-state index is 6.06. The van der Waals surface area contributed by atoms with Crippen molar-refractivity contribution >= 4 is 35.6 Å². The normalized spacial score (nSPS) is 14.8. The quantitative estimate of drug-likeness (QED) is 0.475. The second kappa shape index (κ2) is 11.8. The fraction of sp³-hybridized carbons (Fsp3) is 0.455. The van der Waals surface area contributed by atoms with Gasteiger partial charge in [-0.2, -0.15) is 0 Å². The number of hydrogen-bond acceptors (Lipinski definition) is 3. The van der Waals surface area contributed by atoms with Gasteiger partial charge in [0.05, 0.1) is 17.2 Å². The standard InChI is InChI=1S/C22H27Cl2NO2.ClH/c1-26-22-13-16(14-25-18-6-4-2-3-5-7-18)9-11-21(22)27-15-17-8-10-19(23)20(24)12-17;/h8-13,18,25H,2-7,14-15H2,1H3;1H. The lowest BCUT2D eigenvalue weighted by Gasteiger charge is -2.17. The van der Waals surface area contributed by atoms with Crippen LogP contribution >= 0.6 is 35.6 Å². The zero-order valence-electron chi connectivity index (χ0n) is 16.2. The lowest BCUT2D eigenvalue weighted by molar-refractivity contribution is 0.284. The van der Waals surface area contributed by atoms with E-state index in [1.54, 1.807) is 13.2 Å². The molecule has 0 aliphatic heterocycles. The summed E-state index contributed by atoms with van der Waals surface area (Å²) in [5.74, 6) is 1.47. The average molecular weight is 445 g/mol. The van der Waals surface area contributed by atoms with Crippen molar-refractivity contribution in [1.29, 1.82) is 0 Å². The molecule has 0 radical (unpaired) electrons. The Bertz CT molecular complexity index is 747. The SMILES string of the molecule is COc1cc(CNC2CCCCCC2)ccc1OCc1ccc(Cl)c(Cl)c1.Cl. The van der Waals surface area contributed by atoms with Crippen molar-refractivity contribution in [3.8, 4) is 11.5 Å². The van der Waals surface area contributed by atoms with Gasteiger partial charge in [-0.3, -0.25) is 0 Å². The van der Waals surface area contributed by atoms with E-state index in [9.17, 15) is 0 Å². The summed E-state index contributed by atoms with van der Waals surface area (Å²) >= 11 is 12.0. The van der Waals surface area contributed by atoms with Gasteiger partial charge < -0.3 is 14.8 Å². The lowest BCUT2D eigenvalue weighted by Crippen LogP contribution is -2.27. The summed E-state index contributed by atoms with van der Waals surface area (Å²) < 4.78 is 11.5. The van der Waals surface area contributed by atoms with Crippen molar-refractivity contribution in [1.82, 2.24) is 5.32 Å². The highest BCUT2D eigenvalue weighted by Crippen LogP contribution is 2.30. The molecule has 0 aromatic heterocycles. The minimum absolute atomic E-state index is 0. The Morgan fingerprint density at radius 2 is 1.61 bits per heavy atom. The van der Waals surface area contributed by atoms with Crippen molar-refractivity contribution < 1.29 is 9.47 Å². The third-order valence-electron chi connectivity index (χ3n) is 5.06. The van der Waals surface area contributed by atoms with Gasteiger partial charge in [0, 0.05) is 12.6 Å². The summed E-state index contributed by atoms with van der Waals surface area (Å²) in [5, 5.41) is 4.77. The second-order valence-electron chi connectivity index (χ2n) is 7.09. The Balaban J connectivity index is 0.00000280. The maximum Gasteiger partial charge on any atom is 0.161 e. The fourth-order valence-corrected chi connectivity index (χ4v) is 3.80. The van der Waals surface area contributed by atoms with Crippen LogP contribution < -0.4 is 14.8 Å². The Kier molecular flexibility index (Phi) is 9.73. The van der Waals surface area contributed by atoms with Gasteiger partial charge in [0.25, 0.3) is 0 Å². The van der Waals surface area contributed by atoms with Crippen LogP contribution in [0.25, 0.3) is 0 Å². The van der Waals surface area contributed by atoms with Gasteiger partial charge in [-0.05, 0) is 48.2 Å². The summed E-state index contributed by atoms with van der Waals surface area (Å²) in [4.78, 5) is 0. The predicted octanol–water partition coefficient (Wildman–Crippen LogP) is 6.82. The first kappa shape index (κ1) is 23.2. The first-order valence-electron chi connectivity index (χ1n) is 9.63.